The summed E-state index contributed by atoms with van der Waals surface area (Å²) in [5, 5.41) is 14.9. The second kappa shape index (κ2) is 8.82. The van der Waals surface area contributed by atoms with E-state index >= 15 is 0 Å². The van der Waals surface area contributed by atoms with Crippen molar-refractivity contribution in [3.8, 4) is 5.75 Å². The number of carbonyl (C=O) groups is 2. The van der Waals surface area contributed by atoms with Crippen molar-refractivity contribution in [1.82, 2.24) is 15.6 Å². The predicted molar refractivity (Wildman–Crippen MR) is 95.5 cm³/mol. The highest BCUT2D eigenvalue weighted by Crippen LogP contribution is 2.13. The Balaban J connectivity index is 1.68. The molecule has 0 spiro atoms. The van der Waals surface area contributed by atoms with Crippen molar-refractivity contribution >= 4 is 11.8 Å². The average Bonchev–Trinajstić information content (AvgIpc) is 2.58. The molecule has 0 saturated carbocycles. The van der Waals surface area contributed by atoms with E-state index < -0.39 is 5.91 Å². The smallest absolute Gasteiger partial charge is 0.273 e. The number of aromatic nitrogens is 1. The Morgan fingerprint density at radius 2 is 1.88 bits per heavy atom. The molecule has 1 aromatic carbocycles. The fraction of sp³-hybridized carbons (Fsp3) is 0.316. The van der Waals surface area contributed by atoms with E-state index in [1.807, 2.05) is 19.9 Å². The van der Waals surface area contributed by atoms with Gasteiger partial charge in [0.2, 0.25) is 5.91 Å². The Morgan fingerprint density at radius 1 is 1.12 bits per heavy atom. The molecule has 3 N–H and O–H groups in total. The van der Waals surface area contributed by atoms with Crippen LogP contribution in [0.25, 0.3) is 0 Å². The number of hydrogen-bond acceptors (Lipinski definition) is 4. The van der Waals surface area contributed by atoms with Crippen LogP contribution in [0.5, 0.6) is 5.75 Å². The van der Waals surface area contributed by atoms with Gasteiger partial charge in [-0.25, -0.2) is 4.98 Å². The van der Waals surface area contributed by atoms with Crippen LogP contribution in [0.15, 0.2) is 36.5 Å². The van der Waals surface area contributed by atoms with E-state index in [2.05, 4.69) is 27.8 Å². The Kier molecular flexibility index (Phi) is 6.51. The van der Waals surface area contributed by atoms with E-state index in [4.69, 9.17) is 0 Å². The highest BCUT2D eigenvalue weighted by molar-refractivity contribution is 5.94. The first-order valence-electron chi connectivity index (χ1n) is 8.22. The van der Waals surface area contributed by atoms with Crippen molar-refractivity contribution in [2.45, 2.75) is 26.7 Å². The van der Waals surface area contributed by atoms with Gasteiger partial charge in [-0.3, -0.25) is 9.59 Å². The van der Waals surface area contributed by atoms with E-state index in [-0.39, 0.29) is 23.9 Å². The number of hydrogen-bond donors (Lipinski definition) is 3. The van der Waals surface area contributed by atoms with E-state index in [1.165, 1.54) is 29.0 Å². The molecular formula is C19H23N3O3. The zero-order valence-electron chi connectivity index (χ0n) is 14.5. The summed E-state index contributed by atoms with van der Waals surface area (Å²) in [7, 11) is 0. The third kappa shape index (κ3) is 5.60. The molecule has 0 fully saturated rings. The summed E-state index contributed by atoms with van der Waals surface area (Å²) < 4.78 is 0. The summed E-state index contributed by atoms with van der Waals surface area (Å²) >= 11 is 0. The second-order valence-corrected chi connectivity index (χ2v) is 5.91. The topological polar surface area (TPSA) is 91.3 Å². The molecule has 1 heterocycles. The van der Waals surface area contributed by atoms with Gasteiger partial charge in [0, 0.05) is 25.7 Å². The van der Waals surface area contributed by atoms with Crippen molar-refractivity contribution in [3.05, 3.63) is 58.9 Å². The van der Waals surface area contributed by atoms with Gasteiger partial charge in [0.1, 0.15) is 5.75 Å². The molecule has 25 heavy (non-hydrogen) atoms. The molecule has 0 aliphatic heterocycles. The van der Waals surface area contributed by atoms with E-state index in [0.717, 1.165) is 0 Å². The van der Waals surface area contributed by atoms with Gasteiger partial charge in [-0.2, -0.15) is 0 Å². The highest BCUT2D eigenvalue weighted by atomic mass is 16.3. The van der Waals surface area contributed by atoms with E-state index in [0.29, 0.717) is 19.4 Å². The van der Waals surface area contributed by atoms with Gasteiger partial charge in [-0.1, -0.05) is 23.8 Å². The molecule has 0 bridgehead atoms. The SMILES string of the molecule is Cc1ccc(CCC(=O)NCCNC(=O)c2ncccc2O)c(C)c1. The molecule has 2 aromatic rings. The zero-order valence-corrected chi connectivity index (χ0v) is 14.5. The van der Waals surface area contributed by atoms with Gasteiger partial charge >= 0.3 is 0 Å². The summed E-state index contributed by atoms with van der Waals surface area (Å²) in [4.78, 5) is 27.5. The number of rotatable bonds is 7. The Hall–Kier alpha value is -2.89. The lowest BCUT2D eigenvalue weighted by atomic mass is 10.0. The first-order valence-corrected chi connectivity index (χ1v) is 8.22. The third-order valence-electron chi connectivity index (χ3n) is 3.85. The Bertz CT molecular complexity index is 759. The zero-order chi connectivity index (χ0) is 18.2. The summed E-state index contributed by atoms with van der Waals surface area (Å²) in [5.41, 5.74) is 3.54. The fourth-order valence-electron chi connectivity index (χ4n) is 2.50. The quantitative estimate of drug-likeness (QED) is 0.671. The van der Waals surface area contributed by atoms with Crippen LogP contribution in [0.1, 0.15) is 33.6 Å². The van der Waals surface area contributed by atoms with Gasteiger partial charge in [-0.05, 0) is 43.5 Å². The third-order valence-corrected chi connectivity index (χ3v) is 3.85. The van der Waals surface area contributed by atoms with Crippen LogP contribution >= 0.6 is 0 Å². The van der Waals surface area contributed by atoms with Crippen LogP contribution in [0.4, 0.5) is 0 Å². The van der Waals surface area contributed by atoms with Gasteiger partial charge in [0.25, 0.3) is 5.91 Å². The molecule has 0 unspecified atom stereocenters. The van der Waals surface area contributed by atoms with E-state index in [9.17, 15) is 14.7 Å². The molecule has 0 saturated heterocycles. The minimum atomic E-state index is -0.470. The normalized spacial score (nSPS) is 10.3. The molecule has 0 radical (unpaired) electrons. The minimum absolute atomic E-state index is 0.0244. The van der Waals surface area contributed by atoms with Crippen molar-refractivity contribution in [1.29, 1.82) is 0 Å². The summed E-state index contributed by atoms with van der Waals surface area (Å²) in [5.74, 6) is -0.699. The number of benzene rings is 1. The number of aromatic hydroxyl groups is 1. The maximum Gasteiger partial charge on any atom is 0.273 e. The van der Waals surface area contributed by atoms with Crippen molar-refractivity contribution in [2.75, 3.05) is 13.1 Å². The molecule has 2 amide bonds. The molecule has 6 heteroatoms. The van der Waals surface area contributed by atoms with Crippen LogP contribution in [0, 0.1) is 13.8 Å². The van der Waals surface area contributed by atoms with Gasteiger partial charge < -0.3 is 15.7 Å². The molecule has 0 aliphatic rings. The van der Waals surface area contributed by atoms with E-state index in [1.54, 1.807) is 6.07 Å². The standard InChI is InChI=1S/C19H23N3O3/c1-13-5-6-15(14(2)12-13)7-8-17(24)20-10-11-22-19(25)18-16(23)4-3-9-21-18/h3-6,9,12,23H,7-8,10-11H2,1-2H3,(H,20,24)(H,22,25). The Labute approximate surface area is 147 Å². The summed E-state index contributed by atoms with van der Waals surface area (Å²) in [6, 6.07) is 9.15. The van der Waals surface area contributed by atoms with Crippen molar-refractivity contribution < 1.29 is 14.7 Å². The molecule has 2 rings (SSSR count). The molecule has 1 aromatic heterocycles. The van der Waals surface area contributed by atoms with Crippen LogP contribution in [0.3, 0.4) is 0 Å². The predicted octanol–water partition coefficient (Wildman–Crippen LogP) is 1.88. The first kappa shape index (κ1) is 18.4. The number of nitrogens with one attached hydrogen (secondary N) is 2. The monoisotopic (exact) mass is 341 g/mol. The van der Waals surface area contributed by atoms with Gasteiger partial charge in [-0.15, -0.1) is 0 Å². The number of amides is 2. The molecule has 0 aliphatic carbocycles. The van der Waals surface area contributed by atoms with Crippen LogP contribution < -0.4 is 10.6 Å². The molecule has 0 atom stereocenters. The molecular weight excluding hydrogens is 318 g/mol. The molecule has 132 valence electrons. The van der Waals surface area contributed by atoms with Gasteiger partial charge in [0.15, 0.2) is 5.69 Å². The minimum Gasteiger partial charge on any atom is -0.505 e. The Morgan fingerprint density at radius 3 is 2.60 bits per heavy atom. The summed E-state index contributed by atoms with van der Waals surface area (Å²) in [6.07, 6.45) is 2.52. The highest BCUT2D eigenvalue weighted by Gasteiger charge is 2.11. The largest absolute Gasteiger partial charge is 0.505 e. The number of pyridine rings is 1. The van der Waals surface area contributed by atoms with Crippen LogP contribution in [0.2, 0.25) is 0 Å². The number of nitrogens with zero attached hydrogens (tertiary/aromatic N) is 1. The lowest BCUT2D eigenvalue weighted by Crippen LogP contribution is -2.35. The van der Waals surface area contributed by atoms with Gasteiger partial charge in [0.05, 0.1) is 0 Å². The maximum absolute atomic E-state index is 11.9. The lowest BCUT2D eigenvalue weighted by Gasteiger charge is -2.09. The number of aryl methyl sites for hydroxylation is 3. The fourth-order valence-corrected chi connectivity index (χ4v) is 2.50. The average molecular weight is 341 g/mol. The van der Waals surface area contributed by atoms with Crippen LogP contribution in [-0.2, 0) is 11.2 Å². The maximum atomic E-state index is 11.9. The van der Waals surface area contributed by atoms with Crippen molar-refractivity contribution in [3.63, 3.8) is 0 Å². The summed E-state index contributed by atoms with van der Waals surface area (Å²) in [6.45, 7) is 4.68. The number of carbonyl (C=O) groups excluding carboxylic acids is 2. The van der Waals surface area contributed by atoms with Crippen molar-refractivity contribution in [2.24, 2.45) is 0 Å². The first-order chi connectivity index (χ1) is 12.0. The molecule has 6 nitrogen and oxygen atoms in total. The lowest BCUT2D eigenvalue weighted by molar-refractivity contribution is -0.121. The van der Waals surface area contributed by atoms with Crippen LogP contribution in [-0.4, -0.2) is 35.0 Å². The second-order valence-electron chi connectivity index (χ2n) is 5.91.